The van der Waals surface area contributed by atoms with Crippen molar-refractivity contribution in [3.63, 3.8) is 0 Å². The zero-order valence-corrected chi connectivity index (χ0v) is 17.9. The molecule has 0 bridgehead atoms. The van der Waals surface area contributed by atoms with Crippen molar-refractivity contribution in [1.29, 1.82) is 0 Å². The van der Waals surface area contributed by atoms with Crippen LogP contribution in [0.5, 0.6) is 0 Å². The second-order valence-corrected chi connectivity index (χ2v) is 7.79. The van der Waals surface area contributed by atoms with E-state index >= 15 is 0 Å². The summed E-state index contributed by atoms with van der Waals surface area (Å²) in [6.45, 7) is 3.86. The Kier molecular flexibility index (Phi) is 6.03. The Bertz CT molecular complexity index is 1160. The van der Waals surface area contributed by atoms with Crippen molar-refractivity contribution in [2.24, 2.45) is 0 Å². The zero-order valence-electron chi connectivity index (χ0n) is 17.9. The van der Waals surface area contributed by atoms with Gasteiger partial charge in [-0.1, -0.05) is 36.4 Å². The summed E-state index contributed by atoms with van der Waals surface area (Å²) < 4.78 is 4.90. The Labute approximate surface area is 182 Å². The molecule has 0 unspecified atom stereocenters. The fourth-order valence-corrected chi connectivity index (χ4v) is 3.98. The Morgan fingerprint density at radius 3 is 2.45 bits per heavy atom. The second kappa shape index (κ2) is 9.04. The minimum atomic E-state index is -0.474. The molecule has 5 nitrogen and oxygen atoms in total. The van der Waals surface area contributed by atoms with Crippen molar-refractivity contribution < 1.29 is 14.3 Å². The van der Waals surface area contributed by atoms with Crippen LogP contribution in [0.1, 0.15) is 35.7 Å². The lowest BCUT2D eigenvalue weighted by Crippen LogP contribution is -2.19. The van der Waals surface area contributed by atoms with Gasteiger partial charge in [-0.15, -0.1) is 0 Å². The molecule has 0 radical (unpaired) electrons. The highest BCUT2D eigenvalue weighted by atomic mass is 16.5. The van der Waals surface area contributed by atoms with Gasteiger partial charge in [0.2, 0.25) is 5.91 Å². The van der Waals surface area contributed by atoms with Crippen molar-refractivity contribution in [1.82, 2.24) is 0 Å². The van der Waals surface area contributed by atoms with Crippen LogP contribution in [0.4, 0.5) is 11.4 Å². The highest BCUT2D eigenvalue weighted by molar-refractivity contribution is 6.08. The molecule has 0 saturated carbocycles. The van der Waals surface area contributed by atoms with Gasteiger partial charge in [-0.2, -0.15) is 0 Å². The van der Waals surface area contributed by atoms with Crippen LogP contribution in [0, 0.1) is 0 Å². The number of carbonyl (C=O) groups excluding carboxylic acids is 2. The molecular formula is C26H26N2O3. The van der Waals surface area contributed by atoms with E-state index in [1.54, 1.807) is 12.1 Å². The van der Waals surface area contributed by atoms with Gasteiger partial charge in [0.25, 0.3) is 0 Å². The molecule has 158 valence electrons. The maximum absolute atomic E-state index is 12.8. The fraction of sp³-hybridized carbons (Fsp3) is 0.231. The number of rotatable bonds is 5. The molecule has 3 aromatic carbocycles. The predicted octanol–water partition coefficient (Wildman–Crippen LogP) is 5.27. The maximum atomic E-state index is 12.8. The molecule has 4 rings (SSSR count). The number of fused-ring (bicyclic) bond motifs is 1. The third-order valence-electron chi connectivity index (χ3n) is 5.69. The van der Waals surface area contributed by atoms with E-state index in [0.717, 1.165) is 53.5 Å². The first-order valence-electron chi connectivity index (χ1n) is 10.5. The number of anilines is 2. The standard InChI is InChI=1S/C26H26N2O3/c1-18(20-10-9-19-7-3-4-8-21(19)16-20)15-25(29)27-24-17-22(28-13-5-6-14-28)11-12-23(24)26(30)31-2/h3-4,7-12,15-17H,5-6,13-14H2,1-2H3,(H,27,29). The monoisotopic (exact) mass is 414 g/mol. The molecular weight excluding hydrogens is 388 g/mol. The van der Waals surface area contributed by atoms with Crippen molar-refractivity contribution >= 4 is 39.6 Å². The smallest absolute Gasteiger partial charge is 0.339 e. The molecule has 5 heteroatoms. The predicted molar refractivity (Wildman–Crippen MR) is 125 cm³/mol. The lowest BCUT2D eigenvalue weighted by molar-refractivity contribution is -0.111. The quantitative estimate of drug-likeness (QED) is 0.456. The van der Waals surface area contributed by atoms with E-state index in [1.165, 1.54) is 7.11 Å². The van der Waals surface area contributed by atoms with Crippen LogP contribution in [0.2, 0.25) is 0 Å². The zero-order chi connectivity index (χ0) is 21.8. The van der Waals surface area contributed by atoms with Crippen molar-refractivity contribution in [2.45, 2.75) is 19.8 Å². The molecule has 1 heterocycles. The number of methoxy groups -OCH3 is 1. The van der Waals surface area contributed by atoms with E-state index in [1.807, 2.05) is 37.3 Å². The number of nitrogens with zero attached hydrogens (tertiary/aromatic N) is 1. The number of nitrogens with one attached hydrogen (secondary N) is 1. The molecule has 0 aliphatic carbocycles. The molecule has 1 fully saturated rings. The van der Waals surface area contributed by atoms with E-state index in [0.29, 0.717) is 11.3 Å². The van der Waals surface area contributed by atoms with Gasteiger partial charge in [-0.05, 0) is 65.9 Å². The molecule has 0 aromatic heterocycles. The van der Waals surface area contributed by atoms with Gasteiger partial charge in [0, 0.05) is 24.9 Å². The van der Waals surface area contributed by atoms with E-state index in [9.17, 15) is 9.59 Å². The van der Waals surface area contributed by atoms with Gasteiger partial charge in [-0.3, -0.25) is 4.79 Å². The van der Waals surface area contributed by atoms with Crippen LogP contribution < -0.4 is 10.2 Å². The largest absolute Gasteiger partial charge is 0.465 e. The SMILES string of the molecule is COC(=O)c1ccc(N2CCCC2)cc1NC(=O)C=C(C)c1ccc2ccccc2c1. The minimum absolute atomic E-state index is 0.283. The summed E-state index contributed by atoms with van der Waals surface area (Å²) in [4.78, 5) is 27.3. The van der Waals surface area contributed by atoms with Gasteiger partial charge in [-0.25, -0.2) is 4.79 Å². The number of allylic oxidation sites excluding steroid dienone is 1. The van der Waals surface area contributed by atoms with E-state index in [-0.39, 0.29) is 5.91 Å². The number of esters is 1. The van der Waals surface area contributed by atoms with Gasteiger partial charge < -0.3 is 15.0 Å². The average Bonchev–Trinajstić information content (AvgIpc) is 3.33. The first kappa shape index (κ1) is 20.7. The third kappa shape index (κ3) is 4.61. The second-order valence-electron chi connectivity index (χ2n) is 7.79. The third-order valence-corrected chi connectivity index (χ3v) is 5.69. The van der Waals surface area contributed by atoms with E-state index in [4.69, 9.17) is 4.74 Å². The van der Waals surface area contributed by atoms with Gasteiger partial charge in [0.05, 0.1) is 18.4 Å². The number of ether oxygens (including phenoxy) is 1. The van der Waals surface area contributed by atoms with Crippen molar-refractivity contribution in [2.75, 3.05) is 30.4 Å². The maximum Gasteiger partial charge on any atom is 0.339 e. The summed E-state index contributed by atoms with van der Waals surface area (Å²) in [5.74, 6) is -0.757. The lowest BCUT2D eigenvalue weighted by atomic mass is 10.0. The first-order chi connectivity index (χ1) is 15.0. The van der Waals surface area contributed by atoms with Crippen LogP contribution >= 0.6 is 0 Å². The highest BCUT2D eigenvalue weighted by Gasteiger charge is 2.18. The summed E-state index contributed by atoms with van der Waals surface area (Å²) in [6.07, 6.45) is 3.86. The molecule has 1 aliphatic rings. The highest BCUT2D eigenvalue weighted by Crippen LogP contribution is 2.28. The fourth-order valence-electron chi connectivity index (χ4n) is 3.98. The topological polar surface area (TPSA) is 58.6 Å². The molecule has 1 aliphatic heterocycles. The Morgan fingerprint density at radius 2 is 1.71 bits per heavy atom. The lowest BCUT2D eigenvalue weighted by Gasteiger charge is -2.19. The summed E-state index contributed by atoms with van der Waals surface area (Å²) >= 11 is 0. The summed E-state index contributed by atoms with van der Waals surface area (Å²) in [7, 11) is 1.34. The van der Waals surface area contributed by atoms with Gasteiger partial charge in [0.1, 0.15) is 0 Å². The molecule has 0 atom stereocenters. The van der Waals surface area contributed by atoms with Crippen molar-refractivity contribution in [3.8, 4) is 0 Å². The summed E-state index contributed by atoms with van der Waals surface area (Å²) in [5.41, 5.74) is 3.63. The Balaban J connectivity index is 1.59. The average molecular weight is 415 g/mol. The number of carbonyl (C=O) groups is 2. The first-order valence-corrected chi connectivity index (χ1v) is 10.5. The number of hydrogen-bond donors (Lipinski definition) is 1. The van der Waals surface area contributed by atoms with Crippen LogP contribution in [-0.2, 0) is 9.53 Å². The normalized spacial score (nSPS) is 14.0. The van der Waals surface area contributed by atoms with Crippen LogP contribution in [0.25, 0.3) is 16.3 Å². The van der Waals surface area contributed by atoms with Gasteiger partial charge >= 0.3 is 5.97 Å². The molecule has 3 aromatic rings. The Morgan fingerprint density at radius 1 is 0.968 bits per heavy atom. The Hall–Kier alpha value is -3.60. The van der Waals surface area contributed by atoms with Crippen LogP contribution in [0.15, 0.2) is 66.7 Å². The summed E-state index contributed by atoms with van der Waals surface area (Å²) in [5, 5.41) is 5.17. The van der Waals surface area contributed by atoms with E-state index < -0.39 is 5.97 Å². The van der Waals surface area contributed by atoms with Crippen LogP contribution in [0.3, 0.4) is 0 Å². The number of amides is 1. The number of benzene rings is 3. The number of hydrogen-bond acceptors (Lipinski definition) is 4. The van der Waals surface area contributed by atoms with E-state index in [2.05, 4.69) is 34.5 Å². The molecule has 0 spiro atoms. The molecule has 1 N–H and O–H groups in total. The summed E-state index contributed by atoms with van der Waals surface area (Å²) in [6, 6.07) is 19.7. The van der Waals surface area contributed by atoms with Crippen molar-refractivity contribution in [3.05, 3.63) is 77.9 Å². The van der Waals surface area contributed by atoms with Gasteiger partial charge in [0.15, 0.2) is 0 Å². The van der Waals surface area contributed by atoms with Crippen LogP contribution in [-0.4, -0.2) is 32.1 Å². The minimum Gasteiger partial charge on any atom is -0.465 e. The molecule has 1 amide bonds. The molecule has 1 saturated heterocycles. The molecule has 31 heavy (non-hydrogen) atoms.